The summed E-state index contributed by atoms with van der Waals surface area (Å²) < 4.78 is 31.8. The van der Waals surface area contributed by atoms with E-state index >= 15 is 0 Å². The third-order valence-electron chi connectivity index (χ3n) is 4.29. The van der Waals surface area contributed by atoms with Gasteiger partial charge in [0, 0.05) is 4.88 Å². The molecule has 1 aliphatic carbocycles. The number of fused-ring (bicyclic) bond motifs is 1. The number of nitrogens with one attached hydrogen (secondary N) is 1. The Kier molecular flexibility index (Phi) is 5.81. The zero-order chi connectivity index (χ0) is 19.4. The average Bonchev–Trinajstić information content (AvgIpc) is 2.79. The fourth-order valence-electron chi connectivity index (χ4n) is 3.01. The van der Waals surface area contributed by atoms with Gasteiger partial charge in [0.2, 0.25) is 0 Å². The van der Waals surface area contributed by atoms with Gasteiger partial charge in [-0.1, -0.05) is 12.5 Å². The highest BCUT2D eigenvalue weighted by molar-refractivity contribution is 7.16. The average molecular weight is 390 g/mol. The number of thiophene rings is 1. The normalized spacial score (nSPS) is 13.2. The van der Waals surface area contributed by atoms with Gasteiger partial charge in [-0.25, -0.2) is 13.6 Å². The first kappa shape index (κ1) is 19.0. The van der Waals surface area contributed by atoms with Crippen molar-refractivity contribution in [2.75, 3.05) is 11.9 Å². The van der Waals surface area contributed by atoms with Crippen molar-refractivity contribution in [3.63, 3.8) is 0 Å². The number of amides is 1. The van der Waals surface area contributed by atoms with Gasteiger partial charge < -0.3 is 10.1 Å². The van der Waals surface area contributed by atoms with E-state index in [1.54, 1.807) is 0 Å². The second kappa shape index (κ2) is 8.27. The summed E-state index contributed by atoms with van der Waals surface area (Å²) in [4.78, 5) is 25.0. The summed E-state index contributed by atoms with van der Waals surface area (Å²) in [7, 11) is 0. The van der Waals surface area contributed by atoms with Crippen molar-refractivity contribution in [1.29, 1.82) is 5.26 Å². The zero-order valence-electron chi connectivity index (χ0n) is 14.3. The molecule has 0 fully saturated rings. The minimum Gasteiger partial charge on any atom is -0.452 e. The number of rotatable bonds is 4. The van der Waals surface area contributed by atoms with E-state index in [1.807, 2.05) is 0 Å². The van der Waals surface area contributed by atoms with Crippen molar-refractivity contribution in [1.82, 2.24) is 0 Å². The minimum absolute atomic E-state index is 0.419. The van der Waals surface area contributed by atoms with Gasteiger partial charge in [0.05, 0.1) is 5.56 Å². The van der Waals surface area contributed by atoms with Crippen LogP contribution in [0, 0.1) is 23.0 Å². The van der Waals surface area contributed by atoms with Gasteiger partial charge in [-0.3, -0.25) is 4.79 Å². The predicted octanol–water partition coefficient (Wildman–Crippen LogP) is 3.96. The van der Waals surface area contributed by atoms with Crippen molar-refractivity contribution in [2.45, 2.75) is 32.1 Å². The number of nitrogens with zero attached hydrogens (tertiary/aromatic N) is 1. The van der Waals surface area contributed by atoms with E-state index in [0.717, 1.165) is 60.7 Å². The molecule has 0 aliphatic heterocycles. The molecule has 0 bridgehead atoms. The smallest absolute Gasteiger partial charge is 0.344 e. The Bertz CT molecular complexity index is 914. The number of benzene rings is 1. The first-order chi connectivity index (χ1) is 13.0. The van der Waals surface area contributed by atoms with E-state index in [0.29, 0.717) is 10.6 Å². The number of anilines is 1. The molecule has 8 heteroatoms. The van der Waals surface area contributed by atoms with Crippen LogP contribution in [0.3, 0.4) is 0 Å². The summed E-state index contributed by atoms with van der Waals surface area (Å²) in [5, 5.41) is 12.4. The third-order valence-corrected chi connectivity index (χ3v) is 5.49. The van der Waals surface area contributed by atoms with Gasteiger partial charge in [-0.15, -0.1) is 11.3 Å². The van der Waals surface area contributed by atoms with Crippen LogP contribution >= 0.6 is 11.3 Å². The largest absolute Gasteiger partial charge is 0.452 e. The molecule has 3 rings (SSSR count). The molecule has 1 aliphatic rings. The van der Waals surface area contributed by atoms with Gasteiger partial charge in [0.15, 0.2) is 6.61 Å². The number of hydrogen-bond donors (Lipinski definition) is 1. The van der Waals surface area contributed by atoms with E-state index in [1.165, 1.54) is 11.3 Å². The van der Waals surface area contributed by atoms with E-state index in [4.69, 9.17) is 4.74 Å². The molecule has 2 aromatic rings. The Hall–Kier alpha value is -2.79. The van der Waals surface area contributed by atoms with E-state index in [2.05, 4.69) is 11.4 Å². The second-order valence-electron chi connectivity index (χ2n) is 6.10. The quantitative estimate of drug-likeness (QED) is 0.633. The van der Waals surface area contributed by atoms with Crippen LogP contribution in [0.5, 0.6) is 0 Å². The van der Waals surface area contributed by atoms with Crippen LogP contribution < -0.4 is 5.32 Å². The van der Waals surface area contributed by atoms with Gasteiger partial charge in [0.25, 0.3) is 5.91 Å². The van der Waals surface area contributed by atoms with Crippen LogP contribution in [0.25, 0.3) is 0 Å². The Balaban J connectivity index is 1.67. The molecule has 0 spiro atoms. The first-order valence-corrected chi connectivity index (χ1v) is 9.28. The van der Waals surface area contributed by atoms with Crippen LogP contribution in [-0.4, -0.2) is 18.5 Å². The molecule has 0 radical (unpaired) electrons. The van der Waals surface area contributed by atoms with E-state index in [-0.39, 0.29) is 0 Å². The number of esters is 1. The molecule has 140 valence electrons. The summed E-state index contributed by atoms with van der Waals surface area (Å²) in [5.74, 6) is -4.06. The van der Waals surface area contributed by atoms with Crippen molar-refractivity contribution in [3.8, 4) is 6.07 Å². The van der Waals surface area contributed by atoms with Gasteiger partial charge >= 0.3 is 5.97 Å². The molecule has 1 heterocycles. The Morgan fingerprint density at radius 3 is 2.59 bits per heavy atom. The van der Waals surface area contributed by atoms with Crippen LogP contribution in [0.1, 0.15) is 45.6 Å². The van der Waals surface area contributed by atoms with Gasteiger partial charge in [-0.2, -0.15) is 5.26 Å². The Morgan fingerprint density at radius 1 is 1.19 bits per heavy atom. The van der Waals surface area contributed by atoms with Crippen molar-refractivity contribution in [3.05, 3.63) is 51.4 Å². The van der Waals surface area contributed by atoms with Crippen LogP contribution in [0.2, 0.25) is 0 Å². The maximum absolute atomic E-state index is 13.6. The Morgan fingerprint density at radius 2 is 1.89 bits per heavy atom. The molecule has 1 aromatic heterocycles. The summed E-state index contributed by atoms with van der Waals surface area (Å²) >= 11 is 1.35. The number of carbonyl (C=O) groups excluding carboxylic acids is 2. The molecular weight excluding hydrogens is 374 g/mol. The summed E-state index contributed by atoms with van der Waals surface area (Å²) in [5.41, 5.74) is 0.572. The molecule has 1 N–H and O–H groups in total. The zero-order valence-corrected chi connectivity index (χ0v) is 15.1. The predicted molar refractivity (Wildman–Crippen MR) is 95.6 cm³/mol. The molecular formula is C19H16F2N2O3S. The number of aryl methyl sites for hydroxylation is 1. The number of nitriles is 1. The minimum atomic E-state index is -1.26. The number of carbonyl (C=O) groups is 2. The van der Waals surface area contributed by atoms with Crippen molar-refractivity contribution < 1.29 is 23.1 Å². The molecule has 27 heavy (non-hydrogen) atoms. The lowest BCUT2D eigenvalue weighted by Gasteiger charge is -2.07. The number of ether oxygens (including phenoxy) is 1. The van der Waals surface area contributed by atoms with Crippen LogP contribution in [0.15, 0.2) is 18.2 Å². The van der Waals surface area contributed by atoms with E-state index in [9.17, 15) is 23.6 Å². The lowest BCUT2D eigenvalue weighted by atomic mass is 10.1. The molecule has 0 saturated heterocycles. The molecule has 0 saturated carbocycles. The highest BCUT2D eigenvalue weighted by Gasteiger charge is 2.23. The maximum atomic E-state index is 13.6. The third kappa shape index (κ3) is 4.14. The lowest BCUT2D eigenvalue weighted by molar-refractivity contribution is -0.119. The molecule has 0 unspecified atom stereocenters. The highest BCUT2D eigenvalue weighted by Crippen LogP contribution is 2.36. The standard InChI is InChI=1S/C19H16F2N2O3S/c20-13-6-4-7-14(21)17(13)19(25)26-10-16(24)23-18-12(9-22)11-5-2-1-3-8-15(11)27-18/h4,6-7H,1-3,5,8,10H2,(H,23,24). The molecule has 1 amide bonds. The number of halogens is 2. The monoisotopic (exact) mass is 390 g/mol. The highest BCUT2D eigenvalue weighted by atomic mass is 32.1. The molecule has 0 atom stereocenters. The van der Waals surface area contributed by atoms with Gasteiger partial charge in [0.1, 0.15) is 28.3 Å². The maximum Gasteiger partial charge on any atom is 0.344 e. The summed E-state index contributed by atoms with van der Waals surface area (Å²) in [6, 6.07) is 5.11. The molecule has 5 nitrogen and oxygen atoms in total. The SMILES string of the molecule is N#Cc1c(NC(=O)COC(=O)c2c(F)cccc2F)sc2c1CCCCC2. The lowest BCUT2D eigenvalue weighted by Crippen LogP contribution is -2.22. The van der Waals surface area contributed by atoms with E-state index < -0.39 is 35.7 Å². The number of hydrogen-bond acceptors (Lipinski definition) is 5. The van der Waals surface area contributed by atoms with Crippen molar-refractivity contribution in [2.24, 2.45) is 0 Å². The Labute approximate surface area is 158 Å². The topological polar surface area (TPSA) is 79.2 Å². The first-order valence-electron chi connectivity index (χ1n) is 8.47. The fraction of sp³-hybridized carbons (Fsp3) is 0.316. The second-order valence-corrected chi connectivity index (χ2v) is 7.21. The van der Waals surface area contributed by atoms with Crippen LogP contribution in [0.4, 0.5) is 13.8 Å². The summed E-state index contributed by atoms with van der Waals surface area (Å²) in [6.07, 6.45) is 4.81. The van der Waals surface area contributed by atoms with Crippen molar-refractivity contribution >= 4 is 28.2 Å². The molecule has 1 aromatic carbocycles. The fourth-order valence-corrected chi connectivity index (χ4v) is 4.26. The van der Waals surface area contributed by atoms with Crippen LogP contribution in [-0.2, 0) is 22.4 Å². The summed E-state index contributed by atoms with van der Waals surface area (Å²) in [6.45, 7) is -0.708. The van der Waals surface area contributed by atoms with Gasteiger partial charge in [-0.05, 0) is 43.4 Å².